The van der Waals surface area contributed by atoms with Crippen molar-refractivity contribution in [3.05, 3.63) is 333 Å². The lowest BCUT2D eigenvalue weighted by atomic mass is 9.95. The third-order valence-corrected chi connectivity index (χ3v) is 18.2. The topological polar surface area (TPSA) is 35.9 Å². The molecule has 0 saturated heterocycles. The van der Waals surface area contributed by atoms with Gasteiger partial charge >= 0.3 is 0 Å². The van der Waals surface area contributed by atoms with Crippen LogP contribution >= 0.6 is 0 Å². The second-order valence-corrected chi connectivity index (χ2v) is 22.4. The number of nitrogens with zero attached hydrogens (tertiary/aromatic N) is 4. The molecule has 5 nitrogen and oxygen atoms in total. The molecule has 3 aromatic heterocycles. The molecule has 0 radical (unpaired) electrons. The van der Waals surface area contributed by atoms with Crippen LogP contribution in [0.5, 0.6) is 11.5 Å². The van der Waals surface area contributed by atoms with Gasteiger partial charge < -0.3 is 4.74 Å². The Balaban J connectivity index is 1.03. The van der Waals surface area contributed by atoms with Crippen molar-refractivity contribution in [3.63, 3.8) is 0 Å². The molecule has 0 atom stereocenters. The first-order valence-electron chi connectivity index (χ1n) is 44.4. The maximum atomic E-state index is 10.7. The molecular weight excluding hydrogens is 1050 g/mol. The lowest BCUT2D eigenvalue weighted by Gasteiger charge is -2.34. The van der Waals surface area contributed by atoms with Gasteiger partial charge in [0.1, 0.15) is 17.3 Å². The van der Waals surface area contributed by atoms with E-state index in [-0.39, 0.29) is 62.0 Å². The fourth-order valence-electron chi connectivity index (χ4n) is 10.6. The first-order valence-corrected chi connectivity index (χ1v) is 27.9. The van der Waals surface area contributed by atoms with Crippen LogP contribution < -0.4 is 30.1 Å². The lowest BCUT2D eigenvalue weighted by molar-refractivity contribution is -0.571. The fraction of sp³-hybridized carbons (Fsp3) is 0.0127. The minimum atomic E-state index is -6.42. The number of para-hydroxylation sites is 2. The molecule has 0 aliphatic rings. The molecular formula is C79H56N4OSi. The van der Waals surface area contributed by atoms with Gasteiger partial charge in [0.25, 0.3) is 6.33 Å². The second-order valence-electron chi connectivity index (χ2n) is 18.9. The SMILES string of the molecule is [2H]c1c([2H])c([2H])c(-c2cnc(-n3c4ccccc4c4ccc(Oc5cccc(-n6[c-][n+](-c7c(-c8c([2H])c([2H])c([2H])c([2H])c8[2H])cccc7-c7c([2H])c([2H])c([2H])c([2H])c7[2H])c7ccc(-c8c([2H])c([2H])c([2H])c([Si](c9c([2H])c([2H])c([2H])c([2H])c9[2H])(c9c([2H])c([2H])c([2H])c([2H])c9[2H])c9c([2H])c([2H])c([2H])c([2H])c9[2H])c8[2H])cc76)c5)cc43)cc2C([2H])([2H])[2H])c([2H])c1[2H]. The van der Waals surface area contributed by atoms with Gasteiger partial charge in [0.2, 0.25) is 0 Å². The monoisotopic (exact) mass is 1140 g/mol. The van der Waals surface area contributed by atoms with E-state index >= 15 is 0 Å². The molecule has 15 aromatic rings. The van der Waals surface area contributed by atoms with E-state index in [1.165, 1.54) is 75.9 Å². The molecule has 0 saturated carbocycles. The van der Waals surface area contributed by atoms with Gasteiger partial charge in [-0.3, -0.25) is 13.7 Å². The van der Waals surface area contributed by atoms with Gasteiger partial charge in [-0.05, 0) is 121 Å². The summed E-state index contributed by atoms with van der Waals surface area (Å²) in [4.78, 5) is 4.68. The van der Waals surface area contributed by atoms with Crippen LogP contribution in [0, 0.1) is 13.2 Å². The molecule has 402 valence electrons. The highest BCUT2D eigenvalue weighted by Gasteiger charge is 2.41. The smallest absolute Gasteiger partial charge is 0.269 e. The Morgan fingerprint density at radius 2 is 1.00 bits per heavy atom. The number of rotatable bonds is 13. The zero-order valence-corrected chi connectivity index (χ0v) is 44.7. The van der Waals surface area contributed by atoms with Gasteiger partial charge in [0, 0.05) is 32.7 Å². The summed E-state index contributed by atoms with van der Waals surface area (Å²) >= 11 is 0. The van der Waals surface area contributed by atoms with Gasteiger partial charge in [-0.1, -0.05) is 260 Å². The van der Waals surface area contributed by atoms with Crippen LogP contribution in [0.3, 0.4) is 0 Å². The highest BCUT2D eigenvalue weighted by Crippen LogP contribution is 2.38. The molecule has 0 aliphatic carbocycles. The van der Waals surface area contributed by atoms with Gasteiger partial charge in [0.05, 0.1) is 80.0 Å². The number of fused-ring (bicyclic) bond motifs is 4. The minimum Gasteiger partial charge on any atom is -0.458 e. The van der Waals surface area contributed by atoms with E-state index in [9.17, 15) is 19.2 Å². The summed E-state index contributed by atoms with van der Waals surface area (Å²) in [5.74, 6) is 0.155. The van der Waals surface area contributed by atoms with E-state index in [2.05, 4.69) is 11.3 Å². The molecule has 0 aliphatic heterocycles. The van der Waals surface area contributed by atoms with Crippen LogP contribution in [0.4, 0.5) is 0 Å². The quantitative estimate of drug-likeness (QED) is 0.0499. The normalized spacial score (nSPS) is 17.9. The average Bonchev–Trinajstić information content (AvgIpc) is 0.750. The zero-order chi connectivity index (χ0) is 88.8. The van der Waals surface area contributed by atoms with E-state index in [0.29, 0.717) is 21.8 Å². The summed E-state index contributed by atoms with van der Waals surface area (Å²) in [7, 11) is -6.42. The minimum absolute atomic E-state index is 0.0163. The third kappa shape index (κ3) is 9.13. The first-order chi connectivity index (χ1) is 57.4. The molecule has 6 heteroatoms. The van der Waals surface area contributed by atoms with Crippen molar-refractivity contribution in [3.8, 4) is 73.2 Å². The summed E-state index contributed by atoms with van der Waals surface area (Å²) in [6, 6.07) is -6.82. The number of aromatic nitrogens is 4. The number of hydrogen-bond acceptors (Lipinski definition) is 2. The standard InChI is InChI=1S/C79H56N4OSi/c1-56-49-78(80-54-73(56)59-29-12-4-13-30-59)83-74-44-21-20-41-71(74)72-47-46-64(53-76(72)83)84-63-33-23-32-62(52-63)81-55-82(79-69(57-25-8-2-9-26-57)42-24-43-70(79)58-27-10-3-11-28-58)75-48-45-61(51-77(75)81)60-31-22-40-68(50-60)85(65-34-14-5-15-35-65,66-36-16-6-17-37-66)67-38-18-7-19-39-67/h2-54H,1H3/i1D3,2D,3D,4D,5D,6D,7D,8D,9D,10D,11D,12D,13D,14D,15D,16D,17D,18D,19D,22D,25D,26D,27D,28D,29D,30D,31D,34D,35D,36D,37D,38D,39D,40D,50D. The molecule has 0 N–H and O–H groups in total. The highest BCUT2D eigenvalue weighted by molar-refractivity contribution is 7.19. The van der Waals surface area contributed by atoms with Crippen molar-refractivity contribution >= 4 is 61.7 Å². The van der Waals surface area contributed by atoms with Gasteiger partial charge in [-0.2, -0.15) is 0 Å². The number of benzene rings is 12. The molecule has 0 unspecified atom stereocenters. The number of imidazole rings is 1. The summed E-state index contributed by atoms with van der Waals surface area (Å²) in [6.07, 6.45) is 4.37. The van der Waals surface area contributed by atoms with Crippen LogP contribution in [-0.4, -0.2) is 22.2 Å². The summed E-state index contributed by atoms with van der Waals surface area (Å²) in [5.41, 5.74) is -3.08. The van der Waals surface area contributed by atoms with Crippen molar-refractivity contribution in [1.82, 2.24) is 14.1 Å². The largest absolute Gasteiger partial charge is 0.458 e. The highest BCUT2D eigenvalue weighted by atomic mass is 28.3. The maximum absolute atomic E-state index is 10.7. The van der Waals surface area contributed by atoms with Gasteiger partial charge in [0.15, 0.2) is 8.07 Å². The lowest BCUT2D eigenvalue weighted by Crippen LogP contribution is -2.74. The van der Waals surface area contributed by atoms with Crippen LogP contribution in [0.1, 0.15) is 56.3 Å². The molecule has 0 spiro atoms. The fourth-order valence-corrected chi connectivity index (χ4v) is 14.1. The Morgan fingerprint density at radius 3 is 1.64 bits per heavy atom. The van der Waals surface area contributed by atoms with E-state index in [1.54, 1.807) is 47.0 Å². The molecule has 85 heavy (non-hydrogen) atoms. The van der Waals surface area contributed by atoms with Crippen LogP contribution in [0.2, 0.25) is 0 Å². The number of aryl methyl sites for hydroxylation is 1. The zero-order valence-electron chi connectivity index (χ0n) is 80.7. The maximum Gasteiger partial charge on any atom is 0.269 e. The van der Waals surface area contributed by atoms with Crippen molar-refractivity contribution in [2.45, 2.75) is 6.85 Å². The van der Waals surface area contributed by atoms with Crippen LogP contribution in [-0.2, 0) is 0 Å². The number of hydrogen-bond donors (Lipinski definition) is 0. The second kappa shape index (κ2) is 21.8. The predicted molar refractivity (Wildman–Crippen MR) is 352 cm³/mol. The van der Waals surface area contributed by atoms with E-state index < -0.39 is 269 Å². The summed E-state index contributed by atoms with van der Waals surface area (Å²) in [6.45, 7) is -2.97. The Labute approximate surface area is 547 Å². The van der Waals surface area contributed by atoms with E-state index in [0.717, 1.165) is 6.20 Å². The van der Waals surface area contributed by atoms with Crippen molar-refractivity contribution in [2.75, 3.05) is 0 Å². The van der Waals surface area contributed by atoms with Crippen LogP contribution in [0.15, 0.2) is 321 Å². The van der Waals surface area contributed by atoms with E-state index in [1.807, 2.05) is 0 Å². The first kappa shape index (κ1) is 25.3. The number of pyridine rings is 1. The van der Waals surface area contributed by atoms with Crippen molar-refractivity contribution in [1.29, 1.82) is 0 Å². The van der Waals surface area contributed by atoms with Crippen molar-refractivity contribution < 1.29 is 60.0 Å². The Hall–Kier alpha value is -10.9. The summed E-state index contributed by atoms with van der Waals surface area (Å²) < 4.78 is 350. The molecule has 12 aromatic carbocycles. The molecule has 15 rings (SSSR count). The number of ether oxygens (including phenoxy) is 1. The Bertz CT molecular complexity index is 6750. The predicted octanol–water partition coefficient (Wildman–Crippen LogP) is 16.3. The average molecular weight is 1140 g/mol. The van der Waals surface area contributed by atoms with E-state index in [4.69, 9.17) is 36.3 Å². The Morgan fingerprint density at radius 1 is 0.447 bits per heavy atom. The molecule has 0 fully saturated rings. The van der Waals surface area contributed by atoms with Crippen LogP contribution in [0.25, 0.3) is 94.5 Å². The molecule has 0 bridgehead atoms. The van der Waals surface area contributed by atoms with Gasteiger partial charge in [-0.15, -0.1) is 0 Å². The molecule has 0 amide bonds. The van der Waals surface area contributed by atoms with Crippen molar-refractivity contribution in [2.24, 2.45) is 0 Å². The van der Waals surface area contributed by atoms with Gasteiger partial charge in [-0.25, -0.2) is 4.98 Å². The Kier molecular flexibility index (Phi) is 6.47. The molecule has 3 heterocycles. The third-order valence-electron chi connectivity index (χ3n) is 14.2. The summed E-state index contributed by atoms with van der Waals surface area (Å²) in [5, 5.41) is -3.16.